The van der Waals surface area contributed by atoms with Crippen molar-refractivity contribution < 1.29 is 4.74 Å². The predicted octanol–water partition coefficient (Wildman–Crippen LogP) is 3.91. The number of nitrogen functional groups attached to an aromatic ring is 1. The summed E-state index contributed by atoms with van der Waals surface area (Å²) >= 11 is 6.06. The van der Waals surface area contributed by atoms with Gasteiger partial charge in [0.05, 0.1) is 10.6 Å². The van der Waals surface area contributed by atoms with Gasteiger partial charge in [-0.2, -0.15) is 0 Å². The Morgan fingerprint density at radius 3 is 2.89 bits per heavy atom. The Kier molecular flexibility index (Phi) is 3.68. The maximum Gasteiger partial charge on any atom is 0.126 e. The van der Waals surface area contributed by atoms with Gasteiger partial charge in [-0.1, -0.05) is 30.9 Å². The average molecular weight is 281 g/mol. The summed E-state index contributed by atoms with van der Waals surface area (Å²) in [5.41, 5.74) is 7.23. The van der Waals surface area contributed by atoms with Crippen LogP contribution in [0.5, 0.6) is 0 Å². The van der Waals surface area contributed by atoms with Crippen LogP contribution in [0.25, 0.3) is 0 Å². The lowest BCUT2D eigenvalue weighted by Crippen LogP contribution is -2.41. The molecule has 0 aromatic carbocycles. The first-order valence-electron chi connectivity index (χ1n) is 7.23. The molecule has 1 aliphatic heterocycles. The van der Waals surface area contributed by atoms with Crippen LogP contribution in [0.1, 0.15) is 56.4 Å². The third-order valence-electron chi connectivity index (χ3n) is 4.61. The van der Waals surface area contributed by atoms with E-state index in [-0.39, 0.29) is 5.60 Å². The van der Waals surface area contributed by atoms with E-state index in [1.165, 1.54) is 32.1 Å². The summed E-state index contributed by atoms with van der Waals surface area (Å²) in [6.45, 7) is 0.830. The van der Waals surface area contributed by atoms with Crippen molar-refractivity contribution in [3.63, 3.8) is 0 Å². The van der Waals surface area contributed by atoms with Crippen LogP contribution < -0.4 is 5.73 Å². The standard InChI is InChI=1S/C15H21ClN2O/c16-12-8-13(14(17)18-10-12)11-4-7-19-15(9-11)5-2-1-3-6-15/h8,10-11H,1-7,9H2,(H2,17,18). The summed E-state index contributed by atoms with van der Waals surface area (Å²) in [5, 5.41) is 0.674. The molecule has 1 unspecified atom stereocenters. The highest BCUT2D eigenvalue weighted by molar-refractivity contribution is 6.30. The number of pyridine rings is 1. The highest BCUT2D eigenvalue weighted by Gasteiger charge is 2.39. The quantitative estimate of drug-likeness (QED) is 0.848. The maximum atomic E-state index is 6.13. The molecule has 2 N–H and O–H groups in total. The van der Waals surface area contributed by atoms with Gasteiger partial charge in [0.25, 0.3) is 0 Å². The summed E-state index contributed by atoms with van der Waals surface area (Å²) in [4.78, 5) is 4.19. The van der Waals surface area contributed by atoms with Crippen molar-refractivity contribution in [2.75, 3.05) is 12.3 Å². The van der Waals surface area contributed by atoms with Crippen LogP contribution in [0.2, 0.25) is 5.02 Å². The van der Waals surface area contributed by atoms with E-state index >= 15 is 0 Å². The molecule has 4 heteroatoms. The van der Waals surface area contributed by atoms with Crippen LogP contribution in [0.15, 0.2) is 12.3 Å². The molecule has 1 spiro atoms. The fourth-order valence-electron chi connectivity index (χ4n) is 3.63. The predicted molar refractivity (Wildman–Crippen MR) is 77.4 cm³/mol. The second kappa shape index (κ2) is 5.29. The van der Waals surface area contributed by atoms with E-state index in [9.17, 15) is 0 Å². The molecule has 0 radical (unpaired) electrons. The van der Waals surface area contributed by atoms with E-state index in [4.69, 9.17) is 22.1 Å². The van der Waals surface area contributed by atoms with Gasteiger partial charge in [-0.3, -0.25) is 0 Å². The van der Waals surface area contributed by atoms with Gasteiger partial charge >= 0.3 is 0 Å². The zero-order valence-corrected chi connectivity index (χ0v) is 12.0. The first-order chi connectivity index (χ1) is 9.19. The third kappa shape index (κ3) is 2.72. The van der Waals surface area contributed by atoms with E-state index in [0.717, 1.165) is 25.0 Å². The molecular formula is C15H21ClN2O. The zero-order valence-electron chi connectivity index (χ0n) is 11.2. The van der Waals surface area contributed by atoms with Crippen LogP contribution >= 0.6 is 11.6 Å². The normalized spacial score (nSPS) is 26.5. The van der Waals surface area contributed by atoms with Gasteiger partial charge < -0.3 is 10.5 Å². The number of hydrogen-bond donors (Lipinski definition) is 1. The molecule has 2 aliphatic rings. The summed E-state index contributed by atoms with van der Waals surface area (Å²) in [6, 6.07) is 1.98. The summed E-state index contributed by atoms with van der Waals surface area (Å²) in [7, 11) is 0. The van der Waals surface area contributed by atoms with E-state index in [1.807, 2.05) is 6.07 Å². The molecule has 1 saturated carbocycles. The lowest BCUT2D eigenvalue weighted by Gasteiger charge is -2.43. The summed E-state index contributed by atoms with van der Waals surface area (Å²) < 4.78 is 6.13. The molecule has 1 aromatic heterocycles. The van der Waals surface area contributed by atoms with E-state index in [0.29, 0.717) is 16.8 Å². The fraction of sp³-hybridized carbons (Fsp3) is 0.667. The number of rotatable bonds is 1. The molecule has 1 aliphatic carbocycles. The van der Waals surface area contributed by atoms with Gasteiger partial charge in [-0.05, 0) is 43.2 Å². The Morgan fingerprint density at radius 1 is 1.32 bits per heavy atom. The SMILES string of the molecule is Nc1ncc(Cl)cc1C1CCOC2(CCCCC2)C1. The minimum Gasteiger partial charge on any atom is -0.383 e. The molecule has 19 heavy (non-hydrogen) atoms. The van der Waals surface area contributed by atoms with E-state index in [2.05, 4.69) is 4.98 Å². The van der Waals surface area contributed by atoms with Crippen molar-refractivity contribution in [1.82, 2.24) is 4.98 Å². The Labute approximate surface area is 119 Å². The molecular weight excluding hydrogens is 260 g/mol. The summed E-state index contributed by atoms with van der Waals surface area (Å²) in [6.07, 6.45) is 10.0. The number of hydrogen-bond acceptors (Lipinski definition) is 3. The van der Waals surface area contributed by atoms with Crippen molar-refractivity contribution in [3.05, 3.63) is 22.8 Å². The Balaban J connectivity index is 1.82. The van der Waals surface area contributed by atoms with Crippen LogP contribution in [-0.4, -0.2) is 17.2 Å². The molecule has 1 atom stereocenters. The molecule has 0 amide bonds. The number of halogens is 1. The van der Waals surface area contributed by atoms with Gasteiger partial charge in [-0.15, -0.1) is 0 Å². The Bertz CT molecular complexity index is 452. The smallest absolute Gasteiger partial charge is 0.126 e. The topological polar surface area (TPSA) is 48.1 Å². The fourth-order valence-corrected chi connectivity index (χ4v) is 3.80. The number of anilines is 1. The largest absolute Gasteiger partial charge is 0.383 e. The molecule has 104 valence electrons. The second-order valence-corrected chi connectivity index (χ2v) is 6.35. The highest BCUT2D eigenvalue weighted by atomic mass is 35.5. The second-order valence-electron chi connectivity index (χ2n) is 5.91. The lowest BCUT2D eigenvalue weighted by molar-refractivity contribution is -0.106. The van der Waals surface area contributed by atoms with Crippen LogP contribution in [-0.2, 0) is 4.74 Å². The Morgan fingerprint density at radius 2 is 2.11 bits per heavy atom. The Hall–Kier alpha value is -0.800. The molecule has 1 saturated heterocycles. The molecule has 3 rings (SSSR count). The lowest BCUT2D eigenvalue weighted by atomic mass is 9.74. The maximum absolute atomic E-state index is 6.13. The van der Waals surface area contributed by atoms with E-state index in [1.54, 1.807) is 6.20 Å². The number of aromatic nitrogens is 1. The van der Waals surface area contributed by atoms with Crippen molar-refractivity contribution in [2.24, 2.45) is 0 Å². The van der Waals surface area contributed by atoms with Crippen molar-refractivity contribution in [1.29, 1.82) is 0 Å². The van der Waals surface area contributed by atoms with Gasteiger partial charge in [0, 0.05) is 12.8 Å². The van der Waals surface area contributed by atoms with Crippen LogP contribution in [0, 0.1) is 0 Å². The highest BCUT2D eigenvalue weighted by Crippen LogP contribution is 2.45. The third-order valence-corrected chi connectivity index (χ3v) is 4.82. The molecule has 3 nitrogen and oxygen atoms in total. The van der Waals surface area contributed by atoms with E-state index < -0.39 is 0 Å². The van der Waals surface area contributed by atoms with Crippen LogP contribution in [0.3, 0.4) is 0 Å². The first-order valence-corrected chi connectivity index (χ1v) is 7.61. The number of ether oxygens (including phenoxy) is 1. The minimum absolute atomic E-state index is 0.0932. The molecule has 2 heterocycles. The van der Waals surface area contributed by atoms with Crippen LogP contribution in [0.4, 0.5) is 5.82 Å². The van der Waals surface area contributed by atoms with Gasteiger partial charge in [-0.25, -0.2) is 4.98 Å². The molecule has 0 bridgehead atoms. The minimum atomic E-state index is 0.0932. The van der Waals surface area contributed by atoms with Crippen molar-refractivity contribution in [3.8, 4) is 0 Å². The number of nitrogens with zero attached hydrogens (tertiary/aromatic N) is 1. The van der Waals surface area contributed by atoms with Gasteiger partial charge in [0.1, 0.15) is 5.82 Å². The summed E-state index contributed by atoms with van der Waals surface area (Å²) in [5.74, 6) is 1.07. The number of nitrogens with two attached hydrogens (primary N) is 1. The zero-order chi connectivity index (χ0) is 13.3. The van der Waals surface area contributed by atoms with Crippen molar-refractivity contribution in [2.45, 2.75) is 56.5 Å². The van der Waals surface area contributed by atoms with Gasteiger partial charge in [0.15, 0.2) is 0 Å². The molecule has 1 aromatic rings. The average Bonchev–Trinajstić information content (AvgIpc) is 2.42. The monoisotopic (exact) mass is 280 g/mol. The molecule has 2 fully saturated rings. The first kappa shape index (κ1) is 13.2. The van der Waals surface area contributed by atoms with Crippen molar-refractivity contribution >= 4 is 17.4 Å². The van der Waals surface area contributed by atoms with Gasteiger partial charge in [0.2, 0.25) is 0 Å².